The lowest BCUT2D eigenvalue weighted by molar-refractivity contribution is -0.297. The summed E-state index contributed by atoms with van der Waals surface area (Å²) >= 11 is 0. The van der Waals surface area contributed by atoms with Crippen molar-refractivity contribution in [3.05, 3.63) is 36.5 Å². The third-order valence-electron chi connectivity index (χ3n) is 9.67. The zero-order valence-electron chi connectivity index (χ0n) is 34.5. The molecule has 4 N–H and O–H groups in total. The molecule has 0 spiro atoms. The second-order valence-corrected chi connectivity index (χ2v) is 16.5. The van der Waals surface area contributed by atoms with E-state index in [2.05, 4.69) is 50.3 Å². The van der Waals surface area contributed by atoms with Crippen LogP contribution in [0.5, 0.6) is 0 Å². The van der Waals surface area contributed by atoms with Crippen LogP contribution in [0.3, 0.4) is 0 Å². The predicted octanol–water partition coefficient (Wildman–Crippen LogP) is 8.22. The van der Waals surface area contributed by atoms with Crippen LogP contribution in [0, 0.1) is 0 Å². The number of ether oxygens (including phenoxy) is 4. The number of esters is 2. The van der Waals surface area contributed by atoms with Gasteiger partial charge >= 0.3 is 11.9 Å². The van der Waals surface area contributed by atoms with Gasteiger partial charge in [-0.1, -0.05) is 127 Å². The number of rotatable bonds is 35. The Hall–Kier alpha value is -2.13. The van der Waals surface area contributed by atoms with Gasteiger partial charge in [-0.25, -0.2) is 0 Å². The Morgan fingerprint density at radius 1 is 0.607 bits per heavy atom. The third kappa shape index (κ3) is 28.3. The summed E-state index contributed by atoms with van der Waals surface area (Å²) in [7, 11) is -4.60. The molecule has 1 aliphatic heterocycles. The van der Waals surface area contributed by atoms with Crippen LogP contribution in [0.15, 0.2) is 36.5 Å². The van der Waals surface area contributed by atoms with Gasteiger partial charge in [-0.05, 0) is 64.2 Å². The van der Waals surface area contributed by atoms with Crippen LogP contribution in [0.1, 0.15) is 168 Å². The van der Waals surface area contributed by atoms with Gasteiger partial charge in [-0.2, -0.15) is 8.42 Å². The summed E-state index contributed by atoms with van der Waals surface area (Å²) in [6.45, 7) is 3.66. The van der Waals surface area contributed by atoms with Crippen LogP contribution in [0.2, 0.25) is 0 Å². The molecule has 1 rings (SSSR count). The van der Waals surface area contributed by atoms with Gasteiger partial charge in [0.25, 0.3) is 10.1 Å². The molecule has 6 unspecified atom stereocenters. The Bertz CT molecular complexity index is 1190. The Kier molecular flexibility index (Phi) is 31.3. The maximum Gasteiger partial charge on any atom is 0.306 e. The smallest absolute Gasteiger partial charge is 0.306 e. The zero-order chi connectivity index (χ0) is 41.3. The molecule has 0 amide bonds. The van der Waals surface area contributed by atoms with E-state index < -0.39 is 71.2 Å². The fourth-order valence-electron chi connectivity index (χ4n) is 6.30. The number of aliphatic hydroxyl groups excluding tert-OH is 3. The summed E-state index contributed by atoms with van der Waals surface area (Å²) in [4.78, 5) is 25.3. The Balaban J connectivity index is 2.49. The number of aliphatic hydroxyl groups is 3. The number of unbranched alkanes of at least 4 members (excludes halogenated alkanes) is 17. The summed E-state index contributed by atoms with van der Waals surface area (Å²) in [6, 6.07) is 0. The molecule has 1 heterocycles. The maximum atomic E-state index is 12.8. The fraction of sp³-hybridized carbons (Fsp3) is 0.814. The zero-order valence-corrected chi connectivity index (χ0v) is 35.3. The fourth-order valence-corrected chi connectivity index (χ4v) is 6.99. The first kappa shape index (κ1) is 51.9. The maximum absolute atomic E-state index is 12.8. The molecule has 1 saturated heterocycles. The van der Waals surface area contributed by atoms with E-state index in [0.717, 1.165) is 89.9 Å². The highest BCUT2D eigenvalue weighted by atomic mass is 32.2. The van der Waals surface area contributed by atoms with Gasteiger partial charge < -0.3 is 34.3 Å². The molecule has 0 aromatic heterocycles. The first-order valence-corrected chi connectivity index (χ1v) is 23.2. The molecular formula is C43H76O12S. The lowest BCUT2D eigenvalue weighted by Crippen LogP contribution is -2.60. The standard InChI is InChI=1S/C43H76O12S/c1-3-5-7-9-11-13-15-17-18-20-21-23-25-27-29-31-38(44)52-33-36(34-53-43-42(48)41(47)40(46)37(55-43)35-56(49,50)51)54-39(45)32-30-28-26-24-22-19-16-14-12-10-8-6-4-2/h8,10,14,16-18,36-37,40-43,46-48H,3-7,9,11-13,15,19-35H2,1-2H3,(H,49,50,51)/b10-8-,16-14-,18-17-. The van der Waals surface area contributed by atoms with E-state index in [1.165, 1.54) is 38.5 Å². The topological polar surface area (TPSA) is 186 Å². The summed E-state index contributed by atoms with van der Waals surface area (Å²) in [5.41, 5.74) is 0. The van der Waals surface area contributed by atoms with Crippen molar-refractivity contribution in [2.45, 2.75) is 205 Å². The quantitative estimate of drug-likeness (QED) is 0.0208. The van der Waals surface area contributed by atoms with E-state index in [4.69, 9.17) is 18.9 Å². The van der Waals surface area contributed by atoms with E-state index in [9.17, 15) is 37.9 Å². The van der Waals surface area contributed by atoms with Crippen LogP contribution in [0.4, 0.5) is 0 Å². The second kappa shape index (κ2) is 33.8. The number of hydrogen-bond acceptors (Lipinski definition) is 11. The van der Waals surface area contributed by atoms with Crippen molar-refractivity contribution in [1.82, 2.24) is 0 Å². The Morgan fingerprint density at radius 2 is 1.11 bits per heavy atom. The number of carbonyl (C=O) groups is 2. The molecule has 56 heavy (non-hydrogen) atoms. The van der Waals surface area contributed by atoms with Crippen molar-refractivity contribution in [2.75, 3.05) is 19.0 Å². The van der Waals surface area contributed by atoms with Crippen LogP contribution in [-0.2, 0) is 38.7 Å². The Morgan fingerprint density at radius 3 is 1.66 bits per heavy atom. The van der Waals surface area contributed by atoms with Crippen molar-refractivity contribution < 1.29 is 56.8 Å². The van der Waals surface area contributed by atoms with Crippen molar-refractivity contribution >= 4 is 22.1 Å². The monoisotopic (exact) mass is 817 g/mol. The lowest BCUT2D eigenvalue weighted by Gasteiger charge is -2.40. The molecule has 0 aliphatic carbocycles. The minimum absolute atomic E-state index is 0.146. The summed E-state index contributed by atoms with van der Waals surface area (Å²) in [5, 5.41) is 30.8. The molecule has 326 valence electrons. The van der Waals surface area contributed by atoms with Crippen LogP contribution in [-0.4, -0.2) is 96.0 Å². The van der Waals surface area contributed by atoms with E-state index in [1.54, 1.807) is 0 Å². The van der Waals surface area contributed by atoms with Crippen molar-refractivity contribution in [3.63, 3.8) is 0 Å². The van der Waals surface area contributed by atoms with Crippen molar-refractivity contribution in [2.24, 2.45) is 0 Å². The predicted molar refractivity (Wildman–Crippen MR) is 219 cm³/mol. The van der Waals surface area contributed by atoms with E-state index in [1.807, 2.05) is 0 Å². The van der Waals surface area contributed by atoms with Gasteiger partial charge in [0.2, 0.25) is 0 Å². The molecule has 1 aliphatic rings. The first-order valence-electron chi connectivity index (χ1n) is 21.5. The normalized spacial score (nSPS) is 21.0. The molecule has 13 heteroatoms. The highest BCUT2D eigenvalue weighted by Gasteiger charge is 2.46. The van der Waals surface area contributed by atoms with Crippen LogP contribution >= 0.6 is 0 Å². The molecule has 6 atom stereocenters. The molecule has 0 aromatic rings. The van der Waals surface area contributed by atoms with Crippen LogP contribution in [0.25, 0.3) is 0 Å². The summed E-state index contributed by atoms with van der Waals surface area (Å²) in [5.74, 6) is -2.01. The minimum atomic E-state index is -4.60. The molecule has 1 fully saturated rings. The number of hydrogen-bond donors (Lipinski definition) is 4. The lowest BCUT2D eigenvalue weighted by atomic mass is 10.00. The SMILES string of the molecule is CCC/C=C\C/C=C\CCCCCCCC(=O)OC(COC(=O)CCCCCCC/C=C\CCCCCCCC)COC1OC(CS(=O)(=O)O)C(O)C(O)C1O. The van der Waals surface area contributed by atoms with Crippen molar-refractivity contribution in [3.8, 4) is 0 Å². The molecule has 0 bridgehead atoms. The van der Waals surface area contributed by atoms with Gasteiger partial charge in [-0.3, -0.25) is 14.1 Å². The molecule has 0 radical (unpaired) electrons. The van der Waals surface area contributed by atoms with Crippen molar-refractivity contribution in [1.29, 1.82) is 0 Å². The molecule has 0 aromatic carbocycles. The molecule has 0 saturated carbocycles. The molecular weight excluding hydrogens is 741 g/mol. The van der Waals surface area contributed by atoms with Gasteiger partial charge in [0.1, 0.15) is 36.8 Å². The van der Waals surface area contributed by atoms with E-state index >= 15 is 0 Å². The highest BCUT2D eigenvalue weighted by Crippen LogP contribution is 2.24. The second-order valence-electron chi connectivity index (χ2n) is 15.0. The third-order valence-corrected chi connectivity index (χ3v) is 10.4. The van der Waals surface area contributed by atoms with E-state index in [-0.39, 0.29) is 19.4 Å². The van der Waals surface area contributed by atoms with Gasteiger partial charge in [0.05, 0.1) is 6.61 Å². The number of allylic oxidation sites excluding steroid dienone is 6. The largest absolute Gasteiger partial charge is 0.462 e. The minimum Gasteiger partial charge on any atom is -0.462 e. The van der Waals surface area contributed by atoms with E-state index in [0.29, 0.717) is 12.8 Å². The van der Waals surface area contributed by atoms with Crippen LogP contribution < -0.4 is 0 Å². The van der Waals surface area contributed by atoms with Gasteiger partial charge in [0, 0.05) is 12.8 Å². The average Bonchev–Trinajstić information content (AvgIpc) is 3.16. The first-order chi connectivity index (χ1) is 27.0. The summed E-state index contributed by atoms with van der Waals surface area (Å²) in [6.07, 6.45) is 27.6. The number of carbonyl (C=O) groups excluding carboxylic acids is 2. The Labute approximate surface area is 338 Å². The summed E-state index contributed by atoms with van der Waals surface area (Å²) < 4.78 is 53.9. The van der Waals surface area contributed by atoms with Gasteiger partial charge in [0.15, 0.2) is 12.4 Å². The highest BCUT2D eigenvalue weighted by molar-refractivity contribution is 7.85. The molecule has 12 nitrogen and oxygen atoms in total. The average molecular weight is 817 g/mol. The van der Waals surface area contributed by atoms with Gasteiger partial charge in [-0.15, -0.1) is 0 Å².